The Morgan fingerprint density at radius 1 is 0.410 bits per heavy atom. The molecule has 292 valence electrons. The molecule has 11 aromatic rings. The highest BCUT2D eigenvalue weighted by atomic mass is 32.1. The van der Waals surface area contributed by atoms with E-state index in [4.69, 9.17) is 0 Å². The number of hydrogen-bond donors (Lipinski definition) is 1. The maximum Gasteiger partial charge on any atom is 0.0547 e. The molecule has 2 aromatic heterocycles. The summed E-state index contributed by atoms with van der Waals surface area (Å²) < 4.78 is 5.01. The molecular formula is C58H44N2S. The van der Waals surface area contributed by atoms with Crippen LogP contribution >= 0.6 is 11.3 Å². The van der Waals surface area contributed by atoms with Crippen molar-refractivity contribution in [2.45, 2.75) is 26.2 Å². The quantitative estimate of drug-likeness (QED) is 0.170. The van der Waals surface area contributed by atoms with Crippen LogP contribution in [0.1, 0.15) is 26.3 Å². The lowest BCUT2D eigenvalue weighted by molar-refractivity contribution is 0.591. The van der Waals surface area contributed by atoms with Crippen LogP contribution in [0.2, 0.25) is 0 Å². The molecule has 0 unspecified atom stereocenters. The Morgan fingerprint density at radius 2 is 0.951 bits per heavy atom. The summed E-state index contributed by atoms with van der Waals surface area (Å²) in [5, 5.41) is 9.19. The third-order valence-corrected chi connectivity index (χ3v) is 13.3. The van der Waals surface area contributed by atoms with Crippen LogP contribution < -0.4 is 5.32 Å². The average Bonchev–Trinajstić information content (AvgIpc) is 3.86. The van der Waals surface area contributed by atoms with E-state index in [2.05, 4.69) is 237 Å². The summed E-state index contributed by atoms with van der Waals surface area (Å²) in [6.07, 6.45) is 0. The average molecular weight is 801 g/mol. The second-order valence-corrected chi connectivity index (χ2v) is 18.1. The minimum absolute atomic E-state index is 0.123. The minimum atomic E-state index is -0.123. The van der Waals surface area contributed by atoms with Crippen LogP contribution in [0.3, 0.4) is 0 Å². The second-order valence-electron chi connectivity index (χ2n) is 17.0. The van der Waals surface area contributed by atoms with Crippen molar-refractivity contribution in [2.75, 3.05) is 5.32 Å². The molecule has 0 atom stereocenters. The maximum atomic E-state index is 4.13. The standard InChI is InChI=1S/C58H44N2S/c1-58(2,3)42-36-49(45-28-16-31-52-55(45)47-26-10-12-30-51(47)60(52)44-24-8-5-9-25-44)57(50(37-42)46-29-17-33-54-56(46)48-27-11-13-32-53(48)61-54)59-43-23-15-22-41(35-43)40-21-14-20-39(34-40)38-18-6-4-7-19-38/h4-37,59H,1-3H3. The van der Waals surface area contributed by atoms with Gasteiger partial charge in [-0.1, -0.05) is 160 Å². The van der Waals surface area contributed by atoms with Crippen LogP contribution in [0.15, 0.2) is 206 Å². The molecule has 3 heteroatoms. The predicted molar refractivity (Wildman–Crippen MR) is 264 cm³/mol. The summed E-state index contributed by atoms with van der Waals surface area (Å²) in [7, 11) is 0. The van der Waals surface area contributed by atoms with Crippen molar-refractivity contribution in [3.8, 4) is 50.2 Å². The van der Waals surface area contributed by atoms with Crippen molar-refractivity contribution >= 4 is 64.7 Å². The molecule has 0 fully saturated rings. The zero-order chi connectivity index (χ0) is 41.1. The van der Waals surface area contributed by atoms with Crippen molar-refractivity contribution in [3.63, 3.8) is 0 Å². The maximum absolute atomic E-state index is 4.13. The lowest BCUT2D eigenvalue weighted by atomic mass is 9.81. The number of rotatable bonds is 7. The molecule has 0 radical (unpaired) electrons. The Morgan fingerprint density at radius 3 is 1.70 bits per heavy atom. The molecule has 9 aromatic carbocycles. The number of benzene rings is 9. The Labute approximate surface area is 361 Å². The molecule has 0 aliphatic carbocycles. The Balaban J connectivity index is 1.20. The van der Waals surface area contributed by atoms with Crippen molar-refractivity contribution in [1.82, 2.24) is 4.57 Å². The molecular weight excluding hydrogens is 757 g/mol. The zero-order valence-electron chi connectivity index (χ0n) is 34.5. The lowest BCUT2D eigenvalue weighted by Crippen LogP contribution is -2.12. The SMILES string of the molecule is CC(C)(C)c1cc(-c2cccc3sc4ccccc4c23)c(Nc2cccc(-c3cccc(-c4ccccc4)c3)c2)c(-c2cccc3c2c2ccccc2n3-c2ccccc2)c1. The topological polar surface area (TPSA) is 17.0 Å². The number of thiophene rings is 1. The molecule has 0 bridgehead atoms. The van der Waals surface area contributed by atoms with E-state index in [1.54, 1.807) is 0 Å². The lowest BCUT2D eigenvalue weighted by Gasteiger charge is -2.26. The summed E-state index contributed by atoms with van der Waals surface area (Å²) in [5.74, 6) is 0. The zero-order valence-corrected chi connectivity index (χ0v) is 35.3. The van der Waals surface area contributed by atoms with Gasteiger partial charge in [-0.15, -0.1) is 11.3 Å². The fourth-order valence-corrected chi connectivity index (χ4v) is 10.3. The molecule has 0 saturated heterocycles. The van der Waals surface area contributed by atoms with Gasteiger partial charge in [0.25, 0.3) is 0 Å². The van der Waals surface area contributed by atoms with Crippen molar-refractivity contribution in [3.05, 3.63) is 212 Å². The van der Waals surface area contributed by atoms with Crippen LogP contribution in [0, 0.1) is 0 Å². The first kappa shape index (κ1) is 36.8. The summed E-state index contributed by atoms with van der Waals surface area (Å²) in [4.78, 5) is 0. The molecule has 61 heavy (non-hydrogen) atoms. The number of nitrogens with one attached hydrogen (secondary N) is 1. The third kappa shape index (κ3) is 6.50. The van der Waals surface area contributed by atoms with E-state index in [1.165, 1.54) is 86.5 Å². The van der Waals surface area contributed by atoms with Gasteiger partial charge in [-0.3, -0.25) is 0 Å². The fraction of sp³-hybridized carbons (Fsp3) is 0.0690. The first-order valence-corrected chi connectivity index (χ1v) is 21.9. The van der Waals surface area contributed by atoms with Crippen LogP contribution in [-0.4, -0.2) is 4.57 Å². The summed E-state index contributed by atoms with van der Waals surface area (Å²) in [5.41, 5.74) is 16.4. The number of anilines is 2. The first-order chi connectivity index (χ1) is 29.9. The minimum Gasteiger partial charge on any atom is -0.354 e. The second kappa shape index (κ2) is 14.8. The predicted octanol–water partition coefficient (Wildman–Crippen LogP) is 16.9. The molecule has 11 rings (SSSR count). The van der Waals surface area contributed by atoms with E-state index in [1.807, 2.05) is 11.3 Å². The molecule has 2 heterocycles. The summed E-state index contributed by atoms with van der Waals surface area (Å²) in [6, 6.07) is 75.5. The van der Waals surface area contributed by atoms with E-state index >= 15 is 0 Å². The fourth-order valence-electron chi connectivity index (χ4n) is 9.16. The molecule has 2 nitrogen and oxygen atoms in total. The van der Waals surface area contributed by atoms with Gasteiger partial charge in [0.2, 0.25) is 0 Å². The van der Waals surface area contributed by atoms with Gasteiger partial charge in [-0.25, -0.2) is 0 Å². The van der Waals surface area contributed by atoms with E-state index < -0.39 is 0 Å². The van der Waals surface area contributed by atoms with Gasteiger partial charge in [-0.05, 0) is 111 Å². The van der Waals surface area contributed by atoms with Gasteiger partial charge in [0.05, 0.1) is 16.7 Å². The van der Waals surface area contributed by atoms with Gasteiger partial charge in [-0.2, -0.15) is 0 Å². The van der Waals surface area contributed by atoms with E-state index in [9.17, 15) is 0 Å². The van der Waals surface area contributed by atoms with Crippen molar-refractivity contribution in [2.24, 2.45) is 0 Å². The largest absolute Gasteiger partial charge is 0.354 e. The van der Waals surface area contributed by atoms with Crippen LogP contribution in [0.5, 0.6) is 0 Å². The van der Waals surface area contributed by atoms with Crippen LogP contribution in [0.4, 0.5) is 11.4 Å². The number of nitrogens with zero attached hydrogens (tertiary/aromatic N) is 1. The highest BCUT2D eigenvalue weighted by Crippen LogP contribution is 2.49. The van der Waals surface area contributed by atoms with Gasteiger partial charge in [0, 0.05) is 53.4 Å². The molecule has 0 amide bonds. The van der Waals surface area contributed by atoms with Crippen molar-refractivity contribution in [1.29, 1.82) is 0 Å². The van der Waals surface area contributed by atoms with Gasteiger partial charge in [0.15, 0.2) is 0 Å². The van der Waals surface area contributed by atoms with E-state index in [-0.39, 0.29) is 5.41 Å². The third-order valence-electron chi connectivity index (χ3n) is 12.1. The monoisotopic (exact) mass is 800 g/mol. The first-order valence-electron chi connectivity index (χ1n) is 21.1. The van der Waals surface area contributed by atoms with Gasteiger partial charge in [0.1, 0.15) is 0 Å². The number of fused-ring (bicyclic) bond motifs is 6. The highest BCUT2D eigenvalue weighted by Gasteiger charge is 2.25. The molecule has 1 N–H and O–H groups in total. The normalized spacial score (nSPS) is 11.9. The van der Waals surface area contributed by atoms with Crippen molar-refractivity contribution < 1.29 is 0 Å². The van der Waals surface area contributed by atoms with Gasteiger partial charge >= 0.3 is 0 Å². The highest BCUT2D eigenvalue weighted by molar-refractivity contribution is 7.25. The Hall–Kier alpha value is -7.20. The molecule has 0 saturated carbocycles. The number of hydrogen-bond acceptors (Lipinski definition) is 2. The number of aromatic nitrogens is 1. The molecule has 0 aliphatic heterocycles. The number of para-hydroxylation sites is 2. The summed E-state index contributed by atoms with van der Waals surface area (Å²) in [6.45, 7) is 7.00. The Kier molecular flexibility index (Phi) is 8.95. The smallest absolute Gasteiger partial charge is 0.0547 e. The van der Waals surface area contributed by atoms with Crippen LogP contribution in [0.25, 0.3) is 92.2 Å². The molecule has 0 aliphatic rings. The van der Waals surface area contributed by atoms with Crippen LogP contribution in [-0.2, 0) is 5.41 Å². The molecule has 0 spiro atoms. The summed E-state index contributed by atoms with van der Waals surface area (Å²) >= 11 is 1.87. The van der Waals surface area contributed by atoms with E-state index in [0.717, 1.165) is 22.6 Å². The van der Waals surface area contributed by atoms with Gasteiger partial charge < -0.3 is 9.88 Å². The Bertz CT molecular complexity index is 3420. The van der Waals surface area contributed by atoms with E-state index in [0.29, 0.717) is 0 Å².